The summed E-state index contributed by atoms with van der Waals surface area (Å²) in [6.45, 7) is 7.81. The molecule has 0 aliphatic heterocycles. The van der Waals surface area contributed by atoms with Crippen molar-refractivity contribution in [1.82, 2.24) is 10.1 Å². The lowest BCUT2D eigenvalue weighted by atomic mass is 10.0. The first-order chi connectivity index (χ1) is 15.4. The molecule has 1 aromatic carbocycles. The minimum absolute atomic E-state index is 0.174. The molecule has 5 nitrogen and oxygen atoms in total. The standard InChI is InChI=1S/C25H25F2N3O2/c1-4-19(26)8-7-18(16(2)3)15-31-22-9-5-17(6-10-22)11-21-13-24(32-30-21)23-12-20(27)14-29-25(23)28/h4-10,12-14,16H,1,11,15H2,2-3H3,(H2,28,29)/b18-7-,19-8+. The summed E-state index contributed by atoms with van der Waals surface area (Å²) >= 11 is 0. The van der Waals surface area contributed by atoms with Gasteiger partial charge in [-0.05, 0) is 47.4 Å². The summed E-state index contributed by atoms with van der Waals surface area (Å²) in [6.07, 6.45) is 5.84. The number of nitrogen functional groups attached to an aromatic ring is 1. The summed E-state index contributed by atoms with van der Waals surface area (Å²) < 4.78 is 37.9. The molecule has 3 rings (SSSR count). The quantitative estimate of drug-likeness (QED) is 0.413. The van der Waals surface area contributed by atoms with E-state index in [0.29, 0.717) is 35.8 Å². The summed E-state index contributed by atoms with van der Waals surface area (Å²) in [7, 11) is 0. The van der Waals surface area contributed by atoms with Crippen LogP contribution in [0.4, 0.5) is 14.6 Å². The number of anilines is 1. The second-order valence-electron chi connectivity index (χ2n) is 7.53. The molecular formula is C25H25F2N3O2. The van der Waals surface area contributed by atoms with Crippen molar-refractivity contribution in [3.05, 3.63) is 95.9 Å². The van der Waals surface area contributed by atoms with Crippen LogP contribution in [0.25, 0.3) is 11.3 Å². The minimum Gasteiger partial charge on any atom is -0.489 e. The Morgan fingerprint density at radius 2 is 1.97 bits per heavy atom. The Morgan fingerprint density at radius 1 is 1.22 bits per heavy atom. The monoisotopic (exact) mass is 437 g/mol. The van der Waals surface area contributed by atoms with Crippen molar-refractivity contribution in [3.8, 4) is 17.1 Å². The van der Waals surface area contributed by atoms with E-state index in [9.17, 15) is 8.78 Å². The second kappa shape index (κ2) is 10.5. The molecule has 0 bridgehead atoms. The van der Waals surface area contributed by atoms with Gasteiger partial charge in [-0.3, -0.25) is 0 Å². The number of hydrogen-bond acceptors (Lipinski definition) is 5. The molecule has 0 spiro atoms. The van der Waals surface area contributed by atoms with Crippen LogP contribution in [0.15, 0.2) is 83.3 Å². The first kappa shape index (κ1) is 22.9. The molecule has 0 amide bonds. The van der Waals surface area contributed by atoms with Crippen LogP contribution in [0.5, 0.6) is 5.75 Å². The molecule has 166 valence electrons. The maximum absolute atomic E-state index is 13.5. The predicted octanol–water partition coefficient (Wildman–Crippen LogP) is 6.05. The molecular weight excluding hydrogens is 412 g/mol. The van der Waals surface area contributed by atoms with Crippen molar-refractivity contribution in [3.63, 3.8) is 0 Å². The highest BCUT2D eigenvalue weighted by Crippen LogP contribution is 2.26. The molecule has 7 heteroatoms. The van der Waals surface area contributed by atoms with Crippen LogP contribution in [-0.4, -0.2) is 16.7 Å². The summed E-state index contributed by atoms with van der Waals surface area (Å²) in [5.41, 5.74) is 8.81. The fraction of sp³-hybridized carbons (Fsp3) is 0.200. The van der Waals surface area contributed by atoms with Gasteiger partial charge in [0.2, 0.25) is 0 Å². The fourth-order valence-corrected chi connectivity index (χ4v) is 2.91. The van der Waals surface area contributed by atoms with Crippen LogP contribution in [0.3, 0.4) is 0 Å². The third-order valence-electron chi connectivity index (χ3n) is 4.82. The van der Waals surface area contributed by atoms with E-state index in [1.807, 2.05) is 38.1 Å². The molecule has 0 atom stereocenters. The molecule has 0 aliphatic carbocycles. The summed E-state index contributed by atoms with van der Waals surface area (Å²) in [5.74, 6) is 0.562. The zero-order chi connectivity index (χ0) is 23.1. The molecule has 0 fully saturated rings. The number of ether oxygens (including phenoxy) is 1. The van der Waals surface area contributed by atoms with Gasteiger partial charge >= 0.3 is 0 Å². The van der Waals surface area contributed by atoms with Gasteiger partial charge in [-0.1, -0.05) is 43.8 Å². The van der Waals surface area contributed by atoms with Gasteiger partial charge in [-0.2, -0.15) is 0 Å². The van der Waals surface area contributed by atoms with E-state index in [-0.39, 0.29) is 17.6 Å². The third-order valence-corrected chi connectivity index (χ3v) is 4.82. The number of pyridine rings is 1. The highest BCUT2D eigenvalue weighted by Gasteiger charge is 2.12. The van der Waals surface area contributed by atoms with Crippen LogP contribution in [0.2, 0.25) is 0 Å². The molecule has 2 N–H and O–H groups in total. The van der Waals surface area contributed by atoms with E-state index >= 15 is 0 Å². The number of benzene rings is 1. The van der Waals surface area contributed by atoms with Crippen molar-refractivity contribution >= 4 is 5.82 Å². The number of hydrogen-bond donors (Lipinski definition) is 1. The number of rotatable bonds is 9. The smallest absolute Gasteiger partial charge is 0.170 e. The molecule has 2 aromatic heterocycles. The molecule has 0 radical (unpaired) electrons. The van der Waals surface area contributed by atoms with E-state index in [1.54, 1.807) is 12.1 Å². The van der Waals surface area contributed by atoms with Crippen molar-refractivity contribution in [1.29, 1.82) is 0 Å². The fourth-order valence-electron chi connectivity index (χ4n) is 2.91. The number of nitrogens with two attached hydrogens (primary N) is 1. The van der Waals surface area contributed by atoms with Crippen LogP contribution in [0.1, 0.15) is 25.1 Å². The lowest BCUT2D eigenvalue weighted by Gasteiger charge is -2.13. The number of aromatic nitrogens is 2. The van der Waals surface area contributed by atoms with Crippen molar-refractivity contribution < 1.29 is 18.0 Å². The van der Waals surface area contributed by atoms with Crippen molar-refractivity contribution in [2.45, 2.75) is 20.3 Å². The topological polar surface area (TPSA) is 74.2 Å². The number of nitrogens with zero attached hydrogens (tertiary/aromatic N) is 2. The average Bonchev–Trinajstić information content (AvgIpc) is 3.24. The Balaban J connectivity index is 1.63. The molecule has 0 saturated carbocycles. The summed E-state index contributed by atoms with van der Waals surface area (Å²) in [6, 6.07) is 10.6. The molecule has 2 heterocycles. The van der Waals surface area contributed by atoms with Crippen LogP contribution >= 0.6 is 0 Å². The van der Waals surface area contributed by atoms with Gasteiger partial charge in [0.05, 0.1) is 17.5 Å². The van der Waals surface area contributed by atoms with E-state index in [4.69, 9.17) is 15.0 Å². The Labute approximate surface area is 185 Å². The van der Waals surface area contributed by atoms with Gasteiger partial charge in [0.25, 0.3) is 0 Å². The Hall–Kier alpha value is -3.74. The lowest BCUT2D eigenvalue weighted by Crippen LogP contribution is -2.06. The first-order valence-corrected chi connectivity index (χ1v) is 10.1. The van der Waals surface area contributed by atoms with Gasteiger partial charge < -0.3 is 15.0 Å². The average molecular weight is 437 g/mol. The van der Waals surface area contributed by atoms with E-state index < -0.39 is 5.82 Å². The predicted molar refractivity (Wildman–Crippen MR) is 121 cm³/mol. The lowest BCUT2D eigenvalue weighted by molar-refractivity contribution is 0.339. The van der Waals surface area contributed by atoms with Crippen molar-refractivity contribution in [2.75, 3.05) is 12.3 Å². The first-order valence-electron chi connectivity index (χ1n) is 10.1. The minimum atomic E-state index is -0.500. The van der Waals surface area contributed by atoms with Crippen LogP contribution in [-0.2, 0) is 6.42 Å². The number of halogens is 2. The molecule has 3 aromatic rings. The SMILES string of the molecule is C=C/C(F)=C\C=C(\COc1ccc(Cc2cc(-c3cc(F)cnc3N)on2)cc1)C(C)C. The largest absolute Gasteiger partial charge is 0.489 e. The van der Waals surface area contributed by atoms with Gasteiger partial charge in [-0.25, -0.2) is 13.8 Å². The molecule has 0 aliphatic rings. The number of allylic oxidation sites excluding steroid dienone is 4. The maximum Gasteiger partial charge on any atom is 0.170 e. The summed E-state index contributed by atoms with van der Waals surface area (Å²) in [4.78, 5) is 3.79. The highest BCUT2D eigenvalue weighted by atomic mass is 19.1. The summed E-state index contributed by atoms with van der Waals surface area (Å²) in [5, 5.41) is 4.04. The van der Waals surface area contributed by atoms with E-state index in [1.165, 1.54) is 12.1 Å². The molecule has 0 saturated heterocycles. The Bertz CT molecular complexity index is 1130. The normalized spacial score (nSPS) is 12.3. The van der Waals surface area contributed by atoms with Gasteiger partial charge in [0.15, 0.2) is 5.76 Å². The van der Waals surface area contributed by atoms with Gasteiger partial charge in [0, 0.05) is 12.5 Å². The van der Waals surface area contributed by atoms with Crippen LogP contribution < -0.4 is 10.5 Å². The van der Waals surface area contributed by atoms with Crippen LogP contribution in [0, 0.1) is 11.7 Å². The van der Waals surface area contributed by atoms with E-state index in [0.717, 1.165) is 23.4 Å². The maximum atomic E-state index is 13.5. The van der Waals surface area contributed by atoms with Gasteiger partial charge in [0.1, 0.15) is 29.8 Å². The Morgan fingerprint density at radius 3 is 2.66 bits per heavy atom. The molecule has 0 unspecified atom stereocenters. The van der Waals surface area contributed by atoms with E-state index in [2.05, 4.69) is 16.7 Å². The molecule has 32 heavy (non-hydrogen) atoms. The zero-order valence-electron chi connectivity index (χ0n) is 18.0. The second-order valence-corrected chi connectivity index (χ2v) is 7.53. The zero-order valence-corrected chi connectivity index (χ0v) is 18.0. The third kappa shape index (κ3) is 6.14. The highest BCUT2D eigenvalue weighted by molar-refractivity contribution is 5.69. The Kier molecular flexibility index (Phi) is 7.54. The van der Waals surface area contributed by atoms with Gasteiger partial charge in [-0.15, -0.1) is 0 Å². The van der Waals surface area contributed by atoms with Crippen molar-refractivity contribution in [2.24, 2.45) is 5.92 Å².